The Morgan fingerprint density at radius 1 is 1.15 bits per heavy atom. The fraction of sp³-hybridized carbons (Fsp3) is 0.423. The van der Waals surface area contributed by atoms with E-state index in [1.165, 1.54) is 37.0 Å². The Labute approximate surface area is 200 Å². The number of esters is 1. The summed E-state index contributed by atoms with van der Waals surface area (Å²) in [6, 6.07) is 14.1. The second-order valence-electron chi connectivity index (χ2n) is 8.62. The zero-order valence-electron chi connectivity index (χ0n) is 18.9. The summed E-state index contributed by atoms with van der Waals surface area (Å²) < 4.78 is 5.49. The second-order valence-corrected chi connectivity index (χ2v) is 9.05. The van der Waals surface area contributed by atoms with Crippen LogP contribution >= 0.6 is 11.6 Å². The van der Waals surface area contributed by atoms with Crippen LogP contribution in [0.3, 0.4) is 0 Å². The van der Waals surface area contributed by atoms with E-state index < -0.39 is 17.9 Å². The summed E-state index contributed by atoms with van der Waals surface area (Å²) in [4.78, 5) is 32.2. The number of benzene rings is 2. The van der Waals surface area contributed by atoms with Crippen molar-refractivity contribution < 1.29 is 14.3 Å². The number of nitrogens with one attached hydrogen (secondary N) is 1. The molecule has 33 heavy (non-hydrogen) atoms. The van der Waals surface area contributed by atoms with Crippen molar-refractivity contribution >= 4 is 34.9 Å². The molecule has 0 bridgehead atoms. The fourth-order valence-electron chi connectivity index (χ4n) is 4.46. The molecule has 1 aliphatic carbocycles. The number of carbonyl (C=O) groups excluding carboxylic acids is 2. The molecule has 1 amide bonds. The Kier molecular flexibility index (Phi) is 7.78. The van der Waals surface area contributed by atoms with Crippen LogP contribution in [0.1, 0.15) is 49.7 Å². The van der Waals surface area contributed by atoms with Crippen LogP contribution in [0, 0.1) is 0 Å². The zero-order chi connectivity index (χ0) is 23.2. The van der Waals surface area contributed by atoms with Crippen LogP contribution in [0.15, 0.2) is 53.5 Å². The van der Waals surface area contributed by atoms with E-state index >= 15 is 0 Å². The van der Waals surface area contributed by atoms with Gasteiger partial charge in [0.2, 0.25) is 6.04 Å². The number of likely N-dealkylation sites (N-methyl/N-ethyl adjacent to an activating group) is 1. The molecule has 1 atom stereocenters. The molecule has 1 aliphatic heterocycles. The molecule has 1 saturated carbocycles. The van der Waals surface area contributed by atoms with Gasteiger partial charge in [-0.25, -0.2) is 4.79 Å². The second kappa shape index (κ2) is 10.9. The molecule has 1 heterocycles. The van der Waals surface area contributed by atoms with Crippen molar-refractivity contribution in [3.05, 3.63) is 64.7 Å². The predicted octanol–water partition coefficient (Wildman–Crippen LogP) is 4.38. The first kappa shape index (κ1) is 23.5. The lowest BCUT2D eigenvalue weighted by molar-refractivity contribution is -0.147. The van der Waals surface area contributed by atoms with Gasteiger partial charge in [0.25, 0.3) is 5.91 Å². The SMILES string of the molecule is CN1C(=O)C(C(=O)OCCCNC2CCCCC2)N=C(c2ccccc2)c2cc(Cl)ccc21. The van der Waals surface area contributed by atoms with Gasteiger partial charge < -0.3 is 15.0 Å². The van der Waals surface area contributed by atoms with Gasteiger partial charge in [-0.2, -0.15) is 0 Å². The normalized spacial score (nSPS) is 19.0. The molecule has 0 saturated heterocycles. The van der Waals surface area contributed by atoms with Crippen molar-refractivity contribution in [3.8, 4) is 0 Å². The Bertz CT molecular complexity index is 1020. The number of ether oxygens (including phenoxy) is 1. The lowest BCUT2D eigenvalue weighted by atomic mass is 9.95. The van der Waals surface area contributed by atoms with Crippen molar-refractivity contribution in [3.63, 3.8) is 0 Å². The van der Waals surface area contributed by atoms with Gasteiger partial charge in [-0.1, -0.05) is 61.2 Å². The number of hydrogen-bond acceptors (Lipinski definition) is 5. The average Bonchev–Trinajstić information content (AvgIpc) is 2.94. The standard InChI is InChI=1S/C26H30ClN3O3/c1-30-22-14-13-19(27)17-21(22)23(18-9-4-2-5-10-18)29-24(25(30)31)26(32)33-16-8-15-28-20-11-6-3-7-12-20/h2,4-5,9-10,13-14,17,20,24,28H,3,6-8,11-12,15-16H2,1H3. The third-order valence-corrected chi connectivity index (χ3v) is 6.51. The van der Waals surface area contributed by atoms with E-state index in [0.29, 0.717) is 34.4 Å². The number of carbonyl (C=O) groups is 2. The van der Waals surface area contributed by atoms with Crippen LogP contribution in [0.5, 0.6) is 0 Å². The molecule has 1 fully saturated rings. The quantitative estimate of drug-likeness (QED) is 0.372. The topological polar surface area (TPSA) is 71.0 Å². The summed E-state index contributed by atoms with van der Waals surface area (Å²) in [6.07, 6.45) is 7.00. The van der Waals surface area contributed by atoms with E-state index in [-0.39, 0.29) is 6.61 Å². The zero-order valence-corrected chi connectivity index (χ0v) is 19.7. The van der Waals surface area contributed by atoms with Gasteiger partial charge in [-0.15, -0.1) is 0 Å². The van der Waals surface area contributed by atoms with Crippen LogP contribution in [0.4, 0.5) is 5.69 Å². The molecule has 2 aliphatic rings. The maximum Gasteiger partial charge on any atom is 0.340 e. The number of halogens is 1. The molecule has 1 N–H and O–H groups in total. The average molecular weight is 468 g/mol. The maximum absolute atomic E-state index is 13.2. The van der Waals surface area contributed by atoms with Gasteiger partial charge in [0.05, 0.1) is 18.0 Å². The van der Waals surface area contributed by atoms with Crippen LogP contribution < -0.4 is 10.2 Å². The number of anilines is 1. The van der Waals surface area contributed by atoms with Gasteiger partial charge >= 0.3 is 5.97 Å². The van der Waals surface area contributed by atoms with E-state index in [4.69, 9.17) is 16.3 Å². The number of rotatable bonds is 7. The number of fused-ring (bicyclic) bond motifs is 1. The molecule has 6 nitrogen and oxygen atoms in total. The van der Waals surface area contributed by atoms with Gasteiger partial charge in [0.1, 0.15) is 0 Å². The third-order valence-electron chi connectivity index (χ3n) is 6.27. The van der Waals surface area contributed by atoms with Crippen LogP contribution in [-0.4, -0.2) is 49.9 Å². The van der Waals surface area contributed by atoms with E-state index in [9.17, 15) is 9.59 Å². The van der Waals surface area contributed by atoms with Crippen LogP contribution in [0.2, 0.25) is 5.02 Å². The predicted molar refractivity (Wildman–Crippen MR) is 131 cm³/mol. The summed E-state index contributed by atoms with van der Waals surface area (Å²) in [5.41, 5.74) is 2.71. The highest BCUT2D eigenvalue weighted by Gasteiger charge is 2.36. The Morgan fingerprint density at radius 2 is 1.91 bits per heavy atom. The van der Waals surface area contributed by atoms with Crippen molar-refractivity contribution in [1.82, 2.24) is 5.32 Å². The third kappa shape index (κ3) is 5.63. The van der Waals surface area contributed by atoms with Gasteiger partial charge in [-0.05, 0) is 44.0 Å². The van der Waals surface area contributed by atoms with Crippen LogP contribution in [0.25, 0.3) is 0 Å². The Balaban J connectivity index is 1.49. The maximum atomic E-state index is 13.2. The highest BCUT2D eigenvalue weighted by molar-refractivity contribution is 6.32. The number of aliphatic imine (C=N–C) groups is 1. The minimum atomic E-state index is -1.26. The highest BCUT2D eigenvalue weighted by Crippen LogP contribution is 2.30. The van der Waals surface area contributed by atoms with Crippen LogP contribution in [-0.2, 0) is 14.3 Å². The lowest BCUT2D eigenvalue weighted by Gasteiger charge is -2.22. The minimum absolute atomic E-state index is 0.251. The number of amides is 1. The van der Waals surface area contributed by atoms with Gasteiger partial charge in [0, 0.05) is 29.2 Å². The summed E-state index contributed by atoms with van der Waals surface area (Å²) in [7, 11) is 1.65. The largest absolute Gasteiger partial charge is 0.464 e. The van der Waals surface area contributed by atoms with Crippen molar-refractivity contribution in [2.45, 2.75) is 50.6 Å². The molecule has 2 aromatic carbocycles. The molecule has 174 valence electrons. The summed E-state index contributed by atoms with van der Waals surface area (Å²) >= 11 is 6.26. The number of benzodiazepines with no additional fused rings is 1. The van der Waals surface area contributed by atoms with E-state index in [0.717, 1.165) is 12.1 Å². The number of nitrogens with zero attached hydrogens (tertiary/aromatic N) is 2. The molecule has 2 aromatic rings. The Hall–Kier alpha value is -2.70. The molecule has 7 heteroatoms. The molecule has 0 spiro atoms. The van der Waals surface area contributed by atoms with Crippen molar-refractivity contribution in [1.29, 1.82) is 0 Å². The van der Waals surface area contributed by atoms with E-state index in [1.807, 2.05) is 30.3 Å². The molecule has 4 rings (SSSR count). The minimum Gasteiger partial charge on any atom is -0.464 e. The fourth-order valence-corrected chi connectivity index (χ4v) is 4.63. The van der Waals surface area contributed by atoms with E-state index in [2.05, 4.69) is 10.3 Å². The lowest BCUT2D eigenvalue weighted by Crippen LogP contribution is -2.40. The summed E-state index contributed by atoms with van der Waals surface area (Å²) in [5, 5.41) is 4.07. The number of hydrogen-bond donors (Lipinski definition) is 1. The van der Waals surface area contributed by atoms with Crippen molar-refractivity contribution in [2.75, 3.05) is 25.1 Å². The first-order chi connectivity index (χ1) is 16.0. The molecular weight excluding hydrogens is 438 g/mol. The van der Waals surface area contributed by atoms with Gasteiger partial charge in [0.15, 0.2) is 0 Å². The van der Waals surface area contributed by atoms with Gasteiger partial charge in [-0.3, -0.25) is 9.79 Å². The first-order valence-corrected chi connectivity index (χ1v) is 12.0. The molecule has 0 aromatic heterocycles. The first-order valence-electron chi connectivity index (χ1n) is 11.7. The smallest absolute Gasteiger partial charge is 0.340 e. The molecule has 0 radical (unpaired) electrons. The highest BCUT2D eigenvalue weighted by atomic mass is 35.5. The monoisotopic (exact) mass is 467 g/mol. The Morgan fingerprint density at radius 3 is 2.67 bits per heavy atom. The summed E-state index contributed by atoms with van der Waals surface area (Å²) in [5.74, 6) is -1.05. The molecular formula is C26H30ClN3O3. The molecule has 1 unspecified atom stereocenters. The summed E-state index contributed by atoms with van der Waals surface area (Å²) in [6.45, 7) is 1.04. The van der Waals surface area contributed by atoms with Crippen molar-refractivity contribution in [2.24, 2.45) is 4.99 Å². The van der Waals surface area contributed by atoms with E-state index in [1.54, 1.807) is 25.2 Å².